The van der Waals surface area contributed by atoms with Crippen LogP contribution in [0.25, 0.3) is 10.9 Å². The van der Waals surface area contributed by atoms with Crippen molar-refractivity contribution in [3.05, 3.63) is 22.7 Å². The number of fused-ring (bicyclic) bond motifs is 1. The lowest BCUT2D eigenvalue weighted by atomic mass is 9.85. The minimum absolute atomic E-state index is 0.0251. The predicted molar refractivity (Wildman–Crippen MR) is 83.3 cm³/mol. The molecule has 0 fully saturated rings. The van der Waals surface area contributed by atoms with Gasteiger partial charge < -0.3 is 5.32 Å². The number of halogens is 1. The number of nitrogens with one attached hydrogen (secondary N) is 1. The molecule has 1 heterocycles. The van der Waals surface area contributed by atoms with Gasteiger partial charge in [0.05, 0.1) is 15.9 Å². The van der Waals surface area contributed by atoms with Gasteiger partial charge in [0.25, 0.3) is 0 Å². The van der Waals surface area contributed by atoms with Crippen LogP contribution in [0.1, 0.15) is 39.7 Å². The number of hydrogen-bond acceptors (Lipinski definition) is 2. The largest absolute Gasteiger partial charge is 0.309 e. The summed E-state index contributed by atoms with van der Waals surface area (Å²) in [6.45, 7) is 8.25. The van der Waals surface area contributed by atoms with Crippen molar-refractivity contribution in [3.63, 3.8) is 0 Å². The molecule has 0 atom stereocenters. The van der Waals surface area contributed by atoms with Gasteiger partial charge in [0, 0.05) is 13.5 Å². The van der Waals surface area contributed by atoms with Gasteiger partial charge in [0.1, 0.15) is 0 Å². The summed E-state index contributed by atoms with van der Waals surface area (Å²) in [5.41, 5.74) is 2.10. The van der Waals surface area contributed by atoms with E-state index in [-0.39, 0.29) is 11.3 Å². The van der Waals surface area contributed by atoms with Crippen molar-refractivity contribution in [3.8, 4) is 0 Å². The number of nitrogens with zero attached hydrogens (tertiary/aromatic N) is 2. The third kappa shape index (κ3) is 2.52. The Balaban J connectivity index is 2.73. The molecule has 1 aromatic carbocycles. The van der Waals surface area contributed by atoms with Gasteiger partial charge in [0.2, 0.25) is 5.91 Å². The smallest absolute Gasteiger partial charge is 0.225 e. The molecule has 1 aromatic heterocycles. The van der Waals surface area contributed by atoms with Crippen LogP contribution in [-0.2, 0) is 17.3 Å². The molecule has 1 N–H and O–H groups in total. The minimum Gasteiger partial charge on any atom is -0.309 e. The standard InChI is InChI=1S/C15H20ClN3O/c1-6-11(20)17-14-12-10(16)8-7-9(15(2,3)4)13(12)19(5)18-14/h7-8H,6H2,1-5H3,(H,17,18,20). The molecule has 0 saturated heterocycles. The first-order valence-electron chi connectivity index (χ1n) is 6.71. The highest BCUT2D eigenvalue weighted by Crippen LogP contribution is 2.37. The molecule has 0 saturated carbocycles. The fraction of sp³-hybridized carbons (Fsp3) is 0.467. The maximum Gasteiger partial charge on any atom is 0.225 e. The molecule has 0 spiro atoms. The summed E-state index contributed by atoms with van der Waals surface area (Å²) < 4.78 is 1.78. The minimum atomic E-state index is -0.0674. The van der Waals surface area contributed by atoms with E-state index in [1.807, 2.05) is 26.1 Å². The fourth-order valence-electron chi connectivity index (χ4n) is 2.29. The van der Waals surface area contributed by atoms with Crippen LogP contribution in [0.15, 0.2) is 12.1 Å². The molecule has 20 heavy (non-hydrogen) atoms. The zero-order chi connectivity index (χ0) is 15.1. The van der Waals surface area contributed by atoms with E-state index in [1.165, 1.54) is 0 Å². The second-order valence-electron chi connectivity index (χ2n) is 5.94. The predicted octanol–water partition coefficient (Wildman–Crippen LogP) is 3.87. The molecule has 0 radical (unpaired) electrons. The monoisotopic (exact) mass is 293 g/mol. The Kier molecular flexibility index (Phi) is 3.78. The topological polar surface area (TPSA) is 46.9 Å². The Morgan fingerprint density at radius 3 is 2.60 bits per heavy atom. The highest BCUT2D eigenvalue weighted by molar-refractivity contribution is 6.36. The van der Waals surface area contributed by atoms with Crippen molar-refractivity contribution in [2.24, 2.45) is 7.05 Å². The molecule has 0 aliphatic carbocycles. The molecule has 0 unspecified atom stereocenters. The average Bonchev–Trinajstić information content (AvgIpc) is 2.66. The number of aryl methyl sites for hydroxylation is 1. The molecular formula is C15H20ClN3O. The van der Waals surface area contributed by atoms with Crippen molar-refractivity contribution in [2.45, 2.75) is 39.5 Å². The third-order valence-electron chi connectivity index (χ3n) is 3.32. The zero-order valence-corrected chi connectivity index (χ0v) is 13.3. The van der Waals surface area contributed by atoms with E-state index in [1.54, 1.807) is 4.68 Å². The van der Waals surface area contributed by atoms with Gasteiger partial charge in [-0.1, -0.05) is 45.4 Å². The number of amides is 1. The molecule has 1 amide bonds. The second-order valence-corrected chi connectivity index (χ2v) is 6.35. The Labute approximate surface area is 124 Å². The number of carbonyl (C=O) groups excluding carboxylic acids is 1. The number of carbonyl (C=O) groups is 1. The first-order chi connectivity index (χ1) is 9.25. The van der Waals surface area contributed by atoms with Gasteiger partial charge >= 0.3 is 0 Å². The van der Waals surface area contributed by atoms with E-state index in [2.05, 4.69) is 31.2 Å². The zero-order valence-electron chi connectivity index (χ0n) is 12.5. The van der Waals surface area contributed by atoms with Crippen molar-refractivity contribution < 1.29 is 4.79 Å². The molecule has 2 rings (SSSR count). The lowest BCUT2D eigenvalue weighted by Gasteiger charge is -2.20. The van der Waals surface area contributed by atoms with E-state index in [4.69, 9.17) is 11.6 Å². The molecule has 0 aliphatic heterocycles. The third-order valence-corrected chi connectivity index (χ3v) is 3.64. The lowest BCUT2D eigenvalue weighted by molar-refractivity contribution is -0.115. The summed E-state index contributed by atoms with van der Waals surface area (Å²) in [5.74, 6) is 0.465. The Bertz CT molecular complexity index is 668. The summed E-state index contributed by atoms with van der Waals surface area (Å²) in [6.07, 6.45) is 0.411. The van der Waals surface area contributed by atoms with Crippen LogP contribution in [0.5, 0.6) is 0 Å². The summed E-state index contributed by atoms with van der Waals surface area (Å²) in [6, 6.07) is 3.89. The molecule has 4 nitrogen and oxygen atoms in total. The molecule has 0 bridgehead atoms. The van der Waals surface area contributed by atoms with Crippen LogP contribution >= 0.6 is 11.6 Å². The number of rotatable bonds is 2. The maximum atomic E-state index is 11.6. The Morgan fingerprint density at radius 1 is 1.40 bits per heavy atom. The van der Waals surface area contributed by atoms with Gasteiger partial charge in [-0.3, -0.25) is 9.48 Å². The number of benzene rings is 1. The van der Waals surface area contributed by atoms with Gasteiger partial charge in [-0.2, -0.15) is 5.10 Å². The number of hydrogen-bond donors (Lipinski definition) is 1. The summed E-state index contributed by atoms with van der Waals surface area (Å²) in [7, 11) is 1.87. The molecule has 2 aromatic rings. The quantitative estimate of drug-likeness (QED) is 0.913. The molecule has 0 aliphatic rings. The van der Waals surface area contributed by atoms with Crippen LogP contribution in [0.4, 0.5) is 5.82 Å². The van der Waals surface area contributed by atoms with Crippen molar-refractivity contribution in [1.82, 2.24) is 9.78 Å². The van der Waals surface area contributed by atoms with E-state index < -0.39 is 0 Å². The summed E-state index contributed by atoms with van der Waals surface area (Å²) in [5, 5.41) is 8.65. The highest BCUT2D eigenvalue weighted by atomic mass is 35.5. The summed E-state index contributed by atoms with van der Waals surface area (Å²) in [4.78, 5) is 11.6. The van der Waals surface area contributed by atoms with Crippen molar-refractivity contribution in [2.75, 3.05) is 5.32 Å². The molecule has 108 valence electrons. The van der Waals surface area contributed by atoms with Crippen LogP contribution in [-0.4, -0.2) is 15.7 Å². The SMILES string of the molecule is CCC(=O)Nc1nn(C)c2c(C(C)(C)C)ccc(Cl)c12. The lowest BCUT2D eigenvalue weighted by Crippen LogP contribution is -2.13. The van der Waals surface area contributed by atoms with Crippen LogP contribution in [0.3, 0.4) is 0 Å². The Morgan fingerprint density at radius 2 is 2.05 bits per heavy atom. The first kappa shape index (κ1) is 14.9. The van der Waals surface area contributed by atoms with Gasteiger partial charge in [-0.25, -0.2) is 0 Å². The summed E-state index contributed by atoms with van der Waals surface area (Å²) >= 11 is 6.32. The second kappa shape index (κ2) is 5.09. The van der Waals surface area contributed by atoms with Gasteiger partial charge in [0.15, 0.2) is 5.82 Å². The van der Waals surface area contributed by atoms with E-state index in [0.717, 1.165) is 16.5 Å². The fourth-order valence-corrected chi connectivity index (χ4v) is 2.53. The van der Waals surface area contributed by atoms with Crippen LogP contribution < -0.4 is 5.32 Å². The van der Waals surface area contributed by atoms with Crippen LogP contribution in [0.2, 0.25) is 5.02 Å². The normalized spacial score (nSPS) is 11.9. The van der Waals surface area contributed by atoms with Crippen LogP contribution in [0, 0.1) is 0 Å². The number of anilines is 1. The highest BCUT2D eigenvalue weighted by Gasteiger charge is 2.23. The van der Waals surface area contributed by atoms with E-state index in [9.17, 15) is 4.79 Å². The van der Waals surface area contributed by atoms with Gasteiger partial charge in [-0.05, 0) is 17.0 Å². The number of aromatic nitrogens is 2. The van der Waals surface area contributed by atoms with E-state index >= 15 is 0 Å². The first-order valence-corrected chi connectivity index (χ1v) is 7.09. The Hall–Kier alpha value is -1.55. The van der Waals surface area contributed by atoms with Crippen molar-refractivity contribution in [1.29, 1.82) is 0 Å². The molecular weight excluding hydrogens is 274 g/mol. The van der Waals surface area contributed by atoms with Crippen molar-refractivity contribution >= 4 is 34.2 Å². The van der Waals surface area contributed by atoms with Gasteiger partial charge in [-0.15, -0.1) is 0 Å². The van der Waals surface area contributed by atoms with E-state index in [0.29, 0.717) is 17.3 Å². The maximum absolute atomic E-state index is 11.6. The molecule has 5 heteroatoms. The average molecular weight is 294 g/mol.